The first-order chi connectivity index (χ1) is 10.3. The summed E-state index contributed by atoms with van der Waals surface area (Å²) in [7, 11) is 0. The third-order valence-electron chi connectivity index (χ3n) is 6.69. The fourth-order valence-electron chi connectivity index (χ4n) is 5.97. The van der Waals surface area contributed by atoms with Crippen LogP contribution in [0.1, 0.15) is 99.3 Å². The molecule has 0 heteroatoms. The Balaban J connectivity index is 0.000000124. The summed E-state index contributed by atoms with van der Waals surface area (Å²) in [5.41, 5.74) is 0.888. The molecule has 4 fully saturated rings. The number of hydrogen-bond acceptors (Lipinski definition) is 0. The van der Waals surface area contributed by atoms with Crippen LogP contribution in [0.15, 0.2) is 0 Å². The summed E-state index contributed by atoms with van der Waals surface area (Å²) in [4.78, 5) is 0. The van der Waals surface area contributed by atoms with Crippen molar-refractivity contribution in [3.8, 4) is 0 Å². The molecule has 2 unspecified atom stereocenters. The van der Waals surface area contributed by atoms with Gasteiger partial charge in [0.25, 0.3) is 0 Å². The highest BCUT2D eigenvalue weighted by molar-refractivity contribution is 5.00. The fourth-order valence-corrected chi connectivity index (χ4v) is 5.97. The van der Waals surface area contributed by atoms with Gasteiger partial charge in [0.2, 0.25) is 0 Å². The van der Waals surface area contributed by atoms with Crippen molar-refractivity contribution in [1.29, 1.82) is 0 Å². The standard InChI is InChI=1S/C9H16.C7H14.C6H12/c1-7-3-9(4-7)5-8(2)6-9;1-6-3-4-7(2)5-6;1-5-3-6(2)4-5/h7-8H,3-6H2,1-2H3;6-7H,3-5H2,1-2H3;5-6H,3-4H2,1-2H3. The maximum absolute atomic E-state index is 2.38. The molecule has 22 heavy (non-hydrogen) atoms. The molecule has 0 radical (unpaired) electrons. The second-order valence-electron chi connectivity index (χ2n) is 10.2. The molecular weight excluding hydrogens is 264 g/mol. The van der Waals surface area contributed by atoms with Crippen LogP contribution in [-0.4, -0.2) is 0 Å². The van der Waals surface area contributed by atoms with Crippen molar-refractivity contribution in [1.82, 2.24) is 0 Å². The molecule has 0 nitrogen and oxygen atoms in total. The van der Waals surface area contributed by atoms with E-state index < -0.39 is 0 Å². The molecule has 1 spiro atoms. The van der Waals surface area contributed by atoms with Gasteiger partial charge in [0.05, 0.1) is 0 Å². The van der Waals surface area contributed by atoms with Crippen LogP contribution >= 0.6 is 0 Å². The third kappa shape index (κ3) is 5.27. The second kappa shape index (κ2) is 7.71. The Bertz CT molecular complexity index is 279. The topological polar surface area (TPSA) is 0 Å². The van der Waals surface area contributed by atoms with Crippen molar-refractivity contribution >= 4 is 0 Å². The molecule has 0 heterocycles. The average Bonchev–Trinajstić information content (AvgIpc) is 2.70. The summed E-state index contributed by atoms with van der Waals surface area (Å²) in [5.74, 6) is 6.24. The van der Waals surface area contributed by atoms with Gasteiger partial charge < -0.3 is 0 Å². The highest BCUT2D eigenvalue weighted by Gasteiger charge is 2.49. The van der Waals surface area contributed by atoms with Crippen molar-refractivity contribution in [2.24, 2.45) is 40.9 Å². The van der Waals surface area contributed by atoms with E-state index in [1.807, 2.05) is 0 Å². The lowest BCUT2D eigenvalue weighted by Gasteiger charge is -2.56. The summed E-state index contributed by atoms with van der Waals surface area (Å²) >= 11 is 0. The van der Waals surface area contributed by atoms with Crippen molar-refractivity contribution in [3.63, 3.8) is 0 Å². The van der Waals surface area contributed by atoms with Crippen LogP contribution in [-0.2, 0) is 0 Å². The monoisotopic (exact) mass is 306 g/mol. The number of rotatable bonds is 0. The van der Waals surface area contributed by atoms with Gasteiger partial charge in [0.15, 0.2) is 0 Å². The lowest BCUT2D eigenvalue weighted by atomic mass is 9.49. The lowest BCUT2D eigenvalue weighted by molar-refractivity contribution is -0.0549. The molecule has 0 N–H and O–H groups in total. The fraction of sp³-hybridized carbons (Fsp3) is 1.00. The molecule has 4 aliphatic carbocycles. The van der Waals surface area contributed by atoms with E-state index in [1.165, 1.54) is 57.8 Å². The van der Waals surface area contributed by atoms with Crippen molar-refractivity contribution in [2.75, 3.05) is 0 Å². The van der Waals surface area contributed by atoms with E-state index in [0.717, 1.165) is 40.9 Å². The maximum atomic E-state index is 2.38. The van der Waals surface area contributed by atoms with Gasteiger partial charge in [-0.05, 0) is 85.9 Å². The molecule has 4 aliphatic rings. The average molecular weight is 307 g/mol. The summed E-state index contributed by atoms with van der Waals surface area (Å²) in [6.45, 7) is 14.1. The molecule has 0 aromatic heterocycles. The first-order valence-corrected chi connectivity index (χ1v) is 10.3. The predicted octanol–water partition coefficient (Wildman–Crippen LogP) is 7.33. The van der Waals surface area contributed by atoms with Crippen molar-refractivity contribution in [3.05, 3.63) is 0 Å². The van der Waals surface area contributed by atoms with E-state index >= 15 is 0 Å². The molecule has 0 amide bonds. The van der Waals surface area contributed by atoms with Gasteiger partial charge in [-0.1, -0.05) is 54.4 Å². The van der Waals surface area contributed by atoms with Crippen LogP contribution in [0.4, 0.5) is 0 Å². The zero-order valence-corrected chi connectivity index (χ0v) is 16.3. The Labute approximate surface area is 140 Å². The molecule has 2 atom stereocenters. The Hall–Kier alpha value is 0. The molecule has 130 valence electrons. The number of hydrogen-bond donors (Lipinski definition) is 0. The summed E-state index contributed by atoms with van der Waals surface area (Å²) < 4.78 is 0. The summed E-state index contributed by atoms with van der Waals surface area (Å²) in [5, 5.41) is 0. The first kappa shape index (κ1) is 18.3. The van der Waals surface area contributed by atoms with Gasteiger partial charge >= 0.3 is 0 Å². The second-order valence-corrected chi connectivity index (χ2v) is 10.2. The normalized spacial score (nSPS) is 48.8. The van der Waals surface area contributed by atoms with Crippen molar-refractivity contribution in [2.45, 2.75) is 99.3 Å². The molecule has 4 rings (SSSR count). The Morgan fingerprint density at radius 3 is 0.909 bits per heavy atom. The van der Waals surface area contributed by atoms with Crippen LogP contribution in [0.25, 0.3) is 0 Å². The van der Waals surface area contributed by atoms with E-state index in [2.05, 4.69) is 41.5 Å². The van der Waals surface area contributed by atoms with Crippen LogP contribution in [0.2, 0.25) is 0 Å². The molecule has 0 saturated heterocycles. The quantitative estimate of drug-likeness (QED) is 0.439. The van der Waals surface area contributed by atoms with E-state index in [1.54, 1.807) is 0 Å². The van der Waals surface area contributed by atoms with Gasteiger partial charge in [-0.2, -0.15) is 0 Å². The van der Waals surface area contributed by atoms with Gasteiger partial charge in [-0.15, -0.1) is 0 Å². The van der Waals surface area contributed by atoms with Crippen LogP contribution < -0.4 is 0 Å². The molecule has 0 aromatic rings. The Morgan fingerprint density at radius 1 is 0.455 bits per heavy atom. The first-order valence-electron chi connectivity index (χ1n) is 10.3. The van der Waals surface area contributed by atoms with E-state index in [0.29, 0.717) is 0 Å². The minimum absolute atomic E-state index is 0.888. The highest BCUT2D eigenvalue weighted by Crippen LogP contribution is 2.60. The van der Waals surface area contributed by atoms with E-state index in [9.17, 15) is 0 Å². The summed E-state index contributed by atoms with van der Waals surface area (Å²) in [6, 6.07) is 0. The van der Waals surface area contributed by atoms with Crippen LogP contribution in [0, 0.1) is 40.9 Å². The smallest absolute Gasteiger partial charge is 0.0287 e. The molecular formula is C22H42. The Morgan fingerprint density at radius 2 is 0.773 bits per heavy atom. The van der Waals surface area contributed by atoms with E-state index in [-0.39, 0.29) is 0 Å². The maximum Gasteiger partial charge on any atom is -0.0287 e. The zero-order chi connectivity index (χ0) is 16.3. The minimum atomic E-state index is 0.888. The van der Waals surface area contributed by atoms with Crippen LogP contribution in [0.5, 0.6) is 0 Å². The lowest BCUT2D eigenvalue weighted by Crippen LogP contribution is -2.45. The van der Waals surface area contributed by atoms with E-state index in [4.69, 9.17) is 0 Å². The molecule has 0 bridgehead atoms. The minimum Gasteiger partial charge on any atom is -0.0625 e. The molecule has 0 aliphatic heterocycles. The summed E-state index contributed by atoms with van der Waals surface area (Å²) in [6.07, 6.45) is 13.5. The zero-order valence-electron chi connectivity index (χ0n) is 16.3. The Kier molecular flexibility index (Phi) is 6.43. The largest absolute Gasteiger partial charge is 0.0625 e. The van der Waals surface area contributed by atoms with Gasteiger partial charge in [0.1, 0.15) is 0 Å². The SMILES string of the molecule is CC1CC(C)C1.CC1CC2(C1)CC(C)C2.CC1CCC(C)C1. The van der Waals surface area contributed by atoms with Gasteiger partial charge in [0, 0.05) is 0 Å². The van der Waals surface area contributed by atoms with Gasteiger partial charge in [-0.25, -0.2) is 0 Å². The third-order valence-corrected chi connectivity index (χ3v) is 6.69. The van der Waals surface area contributed by atoms with Crippen molar-refractivity contribution < 1.29 is 0 Å². The highest BCUT2D eigenvalue weighted by atomic mass is 14.5. The molecule has 4 saturated carbocycles. The molecule has 0 aromatic carbocycles. The predicted molar refractivity (Wildman–Crippen MR) is 99.0 cm³/mol. The van der Waals surface area contributed by atoms with Gasteiger partial charge in [-0.3, -0.25) is 0 Å². The van der Waals surface area contributed by atoms with Crippen LogP contribution in [0.3, 0.4) is 0 Å².